The summed E-state index contributed by atoms with van der Waals surface area (Å²) in [6.45, 7) is 0. The van der Waals surface area contributed by atoms with Crippen LogP contribution in [0.1, 0.15) is 48.3 Å². The molecular formula is C51H36O. The summed E-state index contributed by atoms with van der Waals surface area (Å²) in [7, 11) is 0. The molecule has 9 aromatic carbocycles. The summed E-state index contributed by atoms with van der Waals surface area (Å²) in [6.07, 6.45) is -1.31. The first-order chi connectivity index (χ1) is 33.7. The summed E-state index contributed by atoms with van der Waals surface area (Å²) in [6, 6.07) is 8.84. The van der Waals surface area contributed by atoms with Gasteiger partial charge >= 0.3 is 0 Å². The van der Waals surface area contributed by atoms with Gasteiger partial charge in [-0.25, -0.2) is 0 Å². The molecule has 1 aromatic heterocycles. The number of hydrogen-bond donors (Lipinski definition) is 0. The Morgan fingerprint density at radius 1 is 0.423 bits per heavy atom. The van der Waals surface area contributed by atoms with E-state index in [4.69, 9.17) is 19.5 Å². The molecule has 1 heterocycles. The highest BCUT2D eigenvalue weighted by Gasteiger charge is 2.17. The van der Waals surface area contributed by atoms with Crippen LogP contribution < -0.4 is 0 Å². The van der Waals surface area contributed by atoms with E-state index in [1.54, 1.807) is 18.2 Å². The van der Waals surface area contributed by atoms with Gasteiger partial charge in [-0.3, -0.25) is 0 Å². The van der Waals surface area contributed by atoms with Crippen LogP contribution >= 0.6 is 0 Å². The van der Waals surface area contributed by atoms with Crippen LogP contribution in [0.5, 0.6) is 0 Å². The normalized spacial score (nSPS) is 16.8. The minimum Gasteiger partial charge on any atom is -0.456 e. The molecule has 0 N–H and O–H groups in total. The van der Waals surface area contributed by atoms with Gasteiger partial charge in [0.25, 0.3) is 0 Å². The van der Waals surface area contributed by atoms with Crippen molar-refractivity contribution in [1.82, 2.24) is 0 Å². The van der Waals surface area contributed by atoms with Gasteiger partial charge in [-0.15, -0.1) is 0 Å². The van der Waals surface area contributed by atoms with Crippen molar-refractivity contribution in [3.63, 3.8) is 0 Å². The fraction of sp³-hybridized carbons (Fsp3) is 0.0588. The molecular weight excluding hydrogens is 629 g/mol. The number of rotatable bonds is 7. The molecule has 0 saturated carbocycles. The van der Waals surface area contributed by atoms with Crippen molar-refractivity contribution in [3.05, 3.63) is 204 Å². The quantitative estimate of drug-likeness (QED) is 0.152. The van der Waals surface area contributed by atoms with Crippen LogP contribution in [-0.2, 0) is 19.3 Å². The Labute approximate surface area is 330 Å². The molecule has 0 fully saturated rings. The first-order valence-corrected chi connectivity index (χ1v) is 16.7. The molecule has 1 heteroatoms. The second-order valence-corrected chi connectivity index (χ2v) is 12.4. The fourth-order valence-corrected chi connectivity index (χ4v) is 7.23. The van der Waals surface area contributed by atoms with E-state index < -0.39 is 115 Å². The Bertz CT molecular complexity index is 3900. The highest BCUT2D eigenvalue weighted by Crippen LogP contribution is 2.41. The van der Waals surface area contributed by atoms with Crippen LogP contribution in [0.15, 0.2) is 186 Å². The Morgan fingerprint density at radius 3 is 1.81 bits per heavy atom. The van der Waals surface area contributed by atoms with Gasteiger partial charge in [0.2, 0.25) is 0 Å². The first-order valence-electron chi connectivity index (χ1n) is 26.2. The van der Waals surface area contributed by atoms with Crippen LogP contribution in [0, 0.1) is 0 Å². The largest absolute Gasteiger partial charge is 0.456 e. The number of furan rings is 1. The van der Waals surface area contributed by atoms with Gasteiger partial charge in [-0.1, -0.05) is 163 Å². The highest BCUT2D eigenvalue weighted by molar-refractivity contribution is 6.14. The molecule has 1 nitrogen and oxygen atoms in total. The van der Waals surface area contributed by atoms with E-state index in [0.29, 0.717) is 22.1 Å². The average Bonchev–Trinajstić information content (AvgIpc) is 3.75. The predicted molar refractivity (Wildman–Crippen MR) is 220 cm³/mol. The van der Waals surface area contributed by atoms with E-state index >= 15 is 0 Å². The lowest BCUT2D eigenvalue weighted by Crippen LogP contribution is -2.00. The lowest BCUT2D eigenvalue weighted by atomic mass is 9.86. The predicted octanol–water partition coefficient (Wildman–Crippen LogP) is 13.8. The standard InChI is InChI=1S/C51H36O/c1-3-14-34(15-4-1)32-47-44-22-11-9-20-42(44)46(43-21-10-12-23-45(43)47)30-27-36-26-29-39(41-19-8-7-18-38(36)41)37-28-31-49-48(33-37)51-40(24-13-25-50(51)52-49)35-16-5-2-6-17-35/h1-26,28-29,31,33H,27,30,32H2/i1D,3D,4D,7D,8D,9D,10D,11D,12D,14D,15D,18D,19D,20D,21D,22D,23D,26D,29D. The molecule has 0 saturated heterocycles. The Hall–Kier alpha value is -6.44. The summed E-state index contributed by atoms with van der Waals surface area (Å²) in [4.78, 5) is 0. The molecule has 0 aliphatic carbocycles. The molecule has 0 spiro atoms. The van der Waals surface area contributed by atoms with Crippen LogP contribution in [0.2, 0.25) is 0 Å². The maximum Gasteiger partial charge on any atom is 0.136 e. The maximum atomic E-state index is 9.61. The zero-order valence-corrected chi connectivity index (χ0v) is 27.4. The van der Waals surface area contributed by atoms with E-state index in [1.165, 1.54) is 0 Å². The summed E-state index contributed by atoms with van der Waals surface area (Å²) in [5, 5.41) is 0.400. The second-order valence-electron chi connectivity index (χ2n) is 12.4. The van der Waals surface area contributed by atoms with Crippen LogP contribution in [-0.4, -0.2) is 0 Å². The topological polar surface area (TPSA) is 13.1 Å². The smallest absolute Gasteiger partial charge is 0.136 e. The monoisotopic (exact) mass is 683 g/mol. The zero-order chi connectivity index (χ0) is 51.0. The number of aryl methyl sites for hydroxylation is 2. The van der Waals surface area contributed by atoms with Gasteiger partial charge in [0.05, 0.1) is 26.0 Å². The summed E-state index contributed by atoms with van der Waals surface area (Å²) < 4.78 is 176. The van der Waals surface area contributed by atoms with Gasteiger partial charge in [-0.2, -0.15) is 0 Å². The summed E-state index contributed by atoms with van der Waals surface area (Å²) >= 11 is 0. The molecule has 10 rings (SSSR count). The Kier molecular flexibility index (Phi) is 4.09. The first kappa shape index (κ1) is 16.7. The molecule has 0 aliphatic rings. The van der Waals surface area contributed by atoms with Crippen LogP contribution in [0.25, 0.3) is 76.5 Å². The van der Waals surface area contributed by atoms with Gasteiger partial charge in [0, 0.05) is 10.8 Å². The highest BCUT2D eigenvalue weighted by atomic mass is 16.3. The van der Waals surface area contributed by atoms with E-state index in [0.717, 1.165) is 16.5 Å². The van der Waals surface area contributed by atoms with Crippen LogP contribution in [0.3, 0.4) is 0 Å². The summed E-state index contributed by atoms with van der Waals surface area (Å²) in [5.41, 5.74) is 2.80. The van der Waals surface area contributed by atoms with Gasteiger partial charge in [0.1, 0.15) is 11.2 Å². The van der Waals surface area contributed by atoms with E-state index in [2.05, 4.69) is 0 Å². The molecule has 0 amide bonds. The number of fused-ring (bicyclic) bond motifs is 6. The molecule has 0 radical (unpaired) electrons. The zero-order valence-electron chi connectivity index (χ0n) is 46.4. The minimum absolute atomic E-state index is 0.0330. The molecule has 52 heavy (non-hydrogen) atoms. The third kappa shape index (κ3) is 5.17. The number of benzene rings is 9. The molecule has 246 valence electrons. The molecule has 0 atom stereocenters. The number of hydrogen-bond acceptors (Lipinski definition) is 1. The van der Waals surface area contributed by atoms with Gasteiger partial charge in [-0.05, 0) is 114 Å². The van der Waals surface area contributed by atoms with Crippen molar-refractivity contribution in [3.8, 4) is 22.3 Å². The van der Waals surface area contributed by atoms with Gasteiger partial charge in [0.15, 0.2) is 0 Å². The van der Waals surface area contributed by atoms with Crippen molar-refractivity contribution in [2.75, 3.05) is 0 Å². The lowest BCUT2D eigenvalue weighted by molar-refractivity contribution is 0.669. The minimum atomic E-state index is -0.710. The second kappa shape index (κ2) is 12.7. The van der Waals surface area contributed by atoms with E-state index in [-0.39, 0.29) is 79.0 Å². The molecule has 10 aromatic rings. The van der Waals surface area contributed by atoms with Gasteiger partial charge < -0.3 is 4.42 Å². The fourth-order valence-electron chi connectivity index (χ4n) is 7.23. The average molecular weight is 684 g/mol. The summed E-state index contributed by atoms with van der Waals surface area (Å²) in [5.74, 6) is 0. The molecule has 0 bridgehead atoms. The lowest BCUT2D eigenvalue weighted by Gasteiger charge is -2.18. The third-order valence-corrected chi connectivity index (χ3v) is 9.56. The van der Waals surface area contributed by atoms with Crippen molar-refractivity contribution in [2.45, 2.75) is 19.3 Å². The maximum absolute atomic E-state index is 9.61. The van der Waals surface area contributed by atoms with Crippen molar-refractivity contribution in [2.24, 2.45) is 0 Å². The molecule has 0 aliphatic heterocycles. The van der Waals surface area contributed by atoms with Crippen molar-refractivity contribution < 1.29 is 30.5 Å². The molecule has 0 unspecified atom stereocenters. The van der Waals surface area contributed by atoms with Crippen molar-refractivity contribution in [1.29, 1.82) is 0 Å². The SMILES string of the molecule is [2H]c1c([2H])c([2H])c(Cc2c3c([2H])c([2H])c([2H])c([2H])c3c(CCc3c([2H])c([2H])c(-c4ccc5oc6cccc(-c7ccccc7)c6c5c4)c4c([2H])c([2H])c([2H])c([2H])c34)c3c([2H])c([2H])c([2H])c([2H])c23)c([2H])c1[2H]. The Balaban J connectivity index is 1.25. The Morgan fingerprint density at radius 2 is 1.08 bits per heavy atom. The van der Waals surface area contributed by atoms with E-state index in [1.807, 2.05) is 48.5 Å². The third-order valence-electron chi connectivity index (χ3n) is 9.56. The van der Waals surface area contributed by atoms with Crippen LogP contribution in [0.4, 0.5) is 0 Å². The van der Waals surface area contributed by atoms with Crippen molar-refractivity contribution >= 4 is 54.3 Å². The van der Waals surface area contributed by atoms with E-state index in [9.17, 15) is 11.0 Å².